The van der Waals surface area contributed by atoms with Gasteiger partial charge in [0.25, 0.3) is 5.69 Å². The molecule has 7 heteroatoms. The summed E-state index contributed by atoms with van der Waals surface area (Å²) in [7, 11) is 1.56. The molecule has 1 aromatic heterocycles. The van der Waals surface area contributed by atoms with E-state index in [1.807, 2.05) is 36.4 Å². The van der Waals surface area contributed by atoms with E-state index in [4.69, 9.17) is 9.47 Å². The number of hydrogen-bond donors (Lipinski definition) is 0. The predicted molar refractivity (Wildman–Crippen MR) is 115 cm³/mol. The highest BCUT2D eigenvalue weighted by Crippen LogP contribution is 2.34. The smallest absolute Gasteiger partial charge is 0.272 e. The van der Waals surface area contributed by atoms with Crippen LogP contribution in [0.2, 0.25) is 0 Å². The molecule has 0 aliphatic rings. The van der Waals surface area contributed by atoms with Crippen LogP contribution in [-0.2, 0) is 13.0 Å². The first-order valence-corrected chi connectivity index (χ1v) is 9.60. The number of nitrogens with zero attached hydrogens (tertiary/aromatic N) is 2. The van der Waals surface area contributed by atoms with Crippen molar-refractivity contribution in [3.8, 4) is 11.5 Å². The molecule has 0 amide bonds. The first-order chi connectivity index (χ1) is 15.0. The molecule has 0 saturated carbocycles. The third-order valence-corrected chi connectivity index (χ3v) is 4.98. The van der Waals surface area contributed by atoms with Crippen LogP contribution in [-0.4, -0.2) is 17.0 Å². The molecule has 31 heavy (non-hydrogen) atoms. The third-order valence-electron chi connectivity index (χ3n) is 4.98. The molecule has 3 aromatic carbocycles. The Morgan fingerprint density at radius 3 is 2.52 bits per heavy atom. The van der Waals surface area contributed by atoms with Crippen LogP contribution in [0.15, 0.2) is 72.9 Å². The van der Waals surface area contributed by atoms with E-state index in [-0.39, 0.29) is 12.1 Å². The highest BCUT2D eigenvalue weighted by atomic mass is 19.1. The SMILES string of the molecule is COc1cc2c(Cc3ccc([N+](=O)[O-])cc3F)ccnc2cc1OCc1ccccc1. The summed E-state index contributed by atoms with van der Waals surface area (Å²) in [5, 5.41) is 11.6. The number of hydrogen-bond acceptors (Lipinski definition) is 5. The van der Waals surface area contributed by atoms with Crippen LogP contribution in [0.4, 0.5) is 10.1 Å². The van der Waals surface area contributed by atoms with E-state index in [0.717, 1.165) is 22.6 Å². The maximum Gasteiger partial charge on any atom is 0.272 e. The molecule has 0 fully saturated rings. The van der Waals surface area contributed by atoms with Crippen molar-refractivity contribution < 1.29 is 18.8 Å². The quantitative estimate of drug-likeness (QED) is 0.294. The van der Waals surface area contributed by atoms with Crippen LogP contribution in [0.25, 0.3) is 10.9 Å². The van der Waals surface area contributed by atoms with Crippen LogP contribution in [0.3, 0.4) is 0 Å². The zero-order valence-corrected chi connectivity index (χ0v) is 16.7. The molecule has 0 unspecified atom stereocenters. The minimum absolute atomic E-state index is 0.260. The molecule has 0 bridgehead atoms. The number of nitro groups is 1. The Morgan fingerprint density at radius 2 is 1.81 bits per heavy atom. The van der Waals surface area contributed by atoms with Crippen LogP contribution < -0.4 is 9.47 Å². The Labute approximate surface area is 178 Å². The number of rotatable bonds is 7. The van der Waals surface area contributed by atoms with E-state index in [2.05, 4.69) is 4.98 Å². The zero-order chi connectivity index (χ0) is 21.8. The molecular weight excluding hydrogens is 399 g/mol. The number of ether oxygens (including phenoxy) is 2. The summed E-state index contributed by atoms with van der Waals surface area (Å²) in [6.45, 7) is 0.385. The third kappa shape index (κ3) is 4.45. The van der Waals surface area contributed by atoms with Crippen molar-refractivity contribution in [1.29, 1.82) is 0 Å². The summed E-state index contributed by atoms with van der Waals surface area (Å²) in [6.07, 6.45) is 1.91. The van der Waals surface area contributed by atoms with Crippen molar-refractivity contribution >= 4 is 16.6 Å². The number of non-ortho nitro benzene ring substituents is 1. The van der Waals surface area contributed by atoms with Gasteiger partial charge in [-0.3, -0.25) is 15.1 Å². The highest BCUT2D eigenvalue weighted by Gasteiger charge is 2.15. The van der Waals surface area contributed by atoms with Gasteiger partial charge in [-0.05, 0) is 34.9 Å². The van der Waals surface area contributed by atoms with Gasteiger partial charge in [-0.25, -0.2) is 4.39 Å². The van der Waals surface area contributed by atoms with E-state index >= 15 is 0 Å². The molecule has 0 radical (unpaired) electrons. The number of aromatic nitrogens is 1. The fraction of sp³-hybridized carbons (Fsp3) is 0.125. The van der Waals surface area contributed by atoms with Crippen LogP contribution in [0.1, 0.15) is 16.7 Å². The Kier molecular flexibility index (Phi) is 5.75. The lowest BCUT2D eigenvalue weighted by atomic mass is 10.00. The van der Waals surface area contributed by atoms with Crippen LogP contribution in [0, 0.1) is 15.9 Å². The topological polar surface area (TPSA) is 74.5 Å². The minimum Gasteiger partial charge on any atom is -0.493 e. The van der Waals surface area contributed by atoms with E-state index in [9.17, 15) is 14.5 Å². The van der Waals surface area contributed by atoms with E-state index in [0.29, 0.717) is 29.2 Å². The van der Waals surface area contributed by atoms with Gasteiger partial charge in [0.15, 0.2) is 11.5 Å². The fourth-order valence-corrected chi connectivity index (χ4v) is 3.37. The second-order valence-electron chi connectivity index (χ2n) is 6.97. The van der Waals surface area contributed by atoms with Gasteiger partial charge in [0, 0.05) is 30.1 Å². The number of halogens is 1. The lowest BCUT2D eigenvalue weighted by Gasteiger charge is -2.14. The van der Waals surface area contributed by atoms with Crippen molar-refractivity contribution in [2.24, 2.45) is 0 Å². The Balaban J connectivity index is 1.66. The lowest BCUT2D eigenvalue weighted by Crippen LogP contribution is -2.00. The molecule has 0 aliphatic heterocycles. The summed E-state index contributed by atoms with van der Waals surface area (Å²) in [6, 6.07) is 18.9. The van der Waals surface area contributed by atoms with Gasteiger partial charge in [0.05, 0.1) is 23.6 Å². The number of fused-ring (bicyclic) bond motifs is 1. The van der Waals surface area contributed by atoms with E-state index in [1.54, 1.807) is 25.4 Å². The molecule has 1 heterocycles. The molecule has 0 atom stereocenters. The number of nitro benzene ring substituents is 1. The summed E-state index contributed by atoms with van der Waals surface area (Å²) in [5.41, 5.74) is 2.62. The molecule has 4 aromatic rings. The van der Waals surface area contributed by atoms with Crippen LogP contribution in [0.5, 0.6) is 11.5 Å². The number of pyridine rings is 1. The molecule has 0 saturated heterocycles. The highest BCUT2D eigenvalue weighted by molar-refractivity contribution is 5.86. The van der Waals surface area contributed by atoms with Crippen molar-refractivity contribution in [3.05, 3.63) is 106 Å². The van der Waals surface area contributed by atoms with Gasteiger partial charge < -0.3 is 9.47 Å². The molecular formula is C24H19FN2O4. The van der Waals surface area contributed by atoms with Crippen molar-refractivity contribution in [3.63, 3.8) is 0 Å². The van der Waals surface area contributed by atoms with E-state index in [1.165, 1.54) is 12.1 Å². The average Bonchev–Trinajstić information content (AvgIpc) is 2.79. The molecule has 4 rings (SSSR count). The van der Waals surface area contributed by atoms with Gasteiger partial charge in [-0.2, -0.15) is 0 Å². The molecule has 156 valence electrons. The predicted octanol–water partition coefficient (Wildman–Crippen LogP) is 5.46. The lowest BCUT2D eigenvalue weighted by molar-refractivity contribution is -0.385. The fourth-order valence-electron chi connectivity index (χ4n) is 3.37. The van der Waals surface area contributed by atoms with Gasteiger partial charge in [0.1, 0.15) is 12.4 Å². The summed E-state index contributed by atoms with van der Waals surface area (Å²) >= 11 is 0. The van der Waals surface area contributed by atoms with Gasteiger partial charge in [0.2, 0.25) is 0 Å². The molecule has 0 N–H and O–H groups in total. The van der Waals surface area contributed by atoms with Crippen LogP contribution >= 0.6 is 0 Å². The largest absolute Gasteiger partial charge is 0.493 e. The summed E-state index contributed by atoms with van der Waals surface area (Å²) < 4.78 is 25.9. The second-order valence-corrected chi connectivity index (χ2v) is 6.97. The van der Waals surface area contributed by atoms with Crippen molar-refractivity contribution in [1.82, 2.24) is 4.98 Å². The monoisotopic (exact) mass is 418 g/mol. The van der Waals surface area contributed by atoms with Gasteiger partial charge >= 0.3 is 0 Å². The zero-order valence-electron chi connectivity index (χ0n) is 16.7. The second kappa shape index (κ2) is 8.79. The van der Waals surface area contributed by atoms with Crippen molar-refractivity contribution in [2.45, 2.75) is 13.0 Å². The molecule has 0 aliphatic carbocycles. The van der Waals surface area contributed by atoms with E-state index < -0.39 is 10.7 Å². The standard InChI is InChI=1S/C24H19FN2O4/c1-30-23-13-20-17(11-18-7-8-19(27(28)29)12-21(18)25)9-10-26-22(20)14-24(23)31-15-16-5-3-2-4-6-16/h2-10,12-14H,11,15H2,1H3. The number of methoxy groups -OCH3 is 1. The molecule has 0 spiro atoms. The summed E-state index contributed by atoms with van der Waals surface area (Å²) in [4.78, 5) is 14.6. The van der Waals surface area contributed by atoms with Crippen molar-refractivity contribution in [2.75, 3.05) is 7.11 Å². The minimum atomic E-state index is -0.617. The Bertz CT molecular complexity index is 1250. The average molecular weight is 418 g/mol. The first-order valence-electron chi connectivity index (χ1n) is 9.60. The Hall–Kier alpha value is -4.00. The Morgan fingerprint density at radius 1 is 1.00 bits per heavy atom. The maximum atomic E-state index is 14.4. The normalized spacial score (nSPS) is 10.8. The summed E-state index contributed by atoms with van der Waals surface area (Å²) in [5.74, 6) is 0.487. The van der Waals surface area contributed by atoms with Gasteiger partial charge in [-0.1, -0.05) is 30.3 Å². The first kappa shape index (κ1) is 20.3. The maximum absolute atomic E-state index is 14.4. The number of benzene rings is 3. The van der Waals surface area contributed by atoms with Gasteiger partial charge in [-0.15, -0.1) is 0 Å². The molecule has 6 nitrogen and oxygen atoms in total.